The Morgan fingerprint density at radius 2 is 1.27 bits per heavy atom. The van der Waals surface area contributed by atoms with Crippen LogP contribution in [0.4, 0.5) is 0 Å². The van der Waals surface area contributed by atoms with Crippen LogP contribution in [0.25, 0.3) is 12.2 Å². The van der Waals surface area contributed by atoms with Gasteiger partial charge < -0.3 is 4.43 Å². The summed E-state index contributed by atoms with van der Waals surface area (Å²) in [4.78, 5) is 0. The molecule has 0 bridgehead atoms. The summed E-state index contributed by atoms with van der Waals surface area (Å²) in [7, 11) is -1.16. The normalized spacial score (nSPS) is 12.8. The molecule has 0 fully saturated rings. The van der Waals surface area contributed by atoms with Crippen LogP contribution in [0.1, 0.15) is 63.8 Å². The summed E-state index contributed by atoms with van der Waals surface area (Å²) in [6, 6.07) is 15.5. The highest BCUT2D eigenvalue weighted by atomic mass is 28.3. The molecule has 0 atom stereocenters. The van der Waals surface area contributed by atoms with Gasteiger partial charge in [0.1, 0.15) is 5.75 Å². The zero-order valence-corrected chi connectivity index (χ0v) is 18.8. The maximum atomic E-state index is 6.22. The van der Waals surface area contributed by atoms with E-state index in [0.29, 0.717) is 0 Å². The molecule has 2 aromatic rings. The molecule has 0 N–H and O–H groups in total. The van der Waals surface area contributed by atoms with Gasteiger partial charge in [0.25, 0.3) is 0 Å². The molecule has 0 aliphatic carbocycles. The van der Waals surface area contributed by atoms with E-state index in [9.17, 15) is 0 Å². The molecule has 0 aliphatic heterocycles. The van der Waals surface area contributed by atoms with Crippen LogP contribution in [-0.4, -0.2) is 9.04 Å². The van der Waals surface area contributed by atoms with Crippen molar-refractivity contribution in [2.75, 3.05) is 0 Å². The molecule has 0 aromatic heterocycles. The van der Waals surface area contributed by atoms with E-state index in [-0.39, 0.29) is 10.8 Å². The van der Waals surface area contributed by atoms with Gasteiger partial charge in [0.15, 0.2) is 0 Å². The Morgan fingerprint density at radius 1 is 0.731 bits per heavy atom. The molecule has 0 radical (unpaired) electrons. The van der Waals surface area contributed by atoms with Crippen molar-refractivity contribution in [2.24, 2.45) is 0 Å². The van der Waals surface area contributed by atoms with Gasteiger partial charge in [-0.05, 0) is 46.7 Å². The molecule has 2 heteroatoms. The fraction of sp³-hybridized carbons (Fsp3) is 0.417. The third-order valence-electron chi connectivity index (χ3n) is 4.47. The molecule has 0 saturated carbocycles. The summed E-state index contributed by atoms with van der Waals surface area (Å²) in [5, 5.41) is 0. The molecule has 140 valence electrons. The SMILES string of the molecule is C[SiH](C)Oc1cc(C(C)(C)C)ccc1C=Cc1ccc(C(C)(C)C)cc1. The van der Waals surface area contributed by atoms with Crippen molar-refractivity contribution in [2.45, 2.75) is 65.5 Å². The van der Waals surface area contributed by atoms with Gasteiger partial charge in [-0.1, -0.05) is 90.1 Å². The Labute approximate surface area is 161 Å². The average molecular weight is 367 g/mol. The van der Waals surface area contributed by atoms with Crippen molar-refractivity contribution in [1.82, 2.24) is 0 Å². The van der Waals surface area contributed by atoms with E-state index in [4.69, 9.17) is 4.43 Å². The van der Waals surface area contributed by atoms with Crippen LogP contribution in [0.3, 0.4) is 0 Å². The van der Waals surface area contributed by atoms with Crippen molar-refractivity contribution < 1.29 is 4.43 Å². The van der Waals surface area contributed by atoms with Gasteiger partial charge in [-0.3, -0.25) is 0 Å². The molecule has 0 saturated heterocycles. The third kappa shape index (κ3) is 5.60. The van der Waals surface area contributed by atoms with Crippen molar-refractivity contribution in [3.63, 3.8) is 0 Å². The average Bonchev–Trinajstić information content (AvgIpc) is 2.51. The molecular formula is C24H34OSi. The van der Waals surface area contributed by atoms with E-state index in [1.165, 1.54) is 16.7 Å². The topological polar surface area (TPSA) is 9.23 Å². The Hall–Kier alpha value is -1.80. The first-order valence-corrected chi connectivity index (χ1v) is 12.3. The smallest absolute Gasteiger partial charge is 0.229 e. The van der Waals surface area contributed by atoms with E-state index >= 15 is 0 Å². The first-order chi connectivity index (χ1) is 12.0. The lowest BCUT2D eigenvalue weighted by molar-refractivity contribution is 0.559. The highest BCUT2D eigenvalue weighted by Crippen LogP contribution is 2.30. The minimum Gasteiger partial charge on any atom is -0.547 e. The van der Waals surface area contributed by atoms with Crippen molar-refractivity contribution in [3.05, 3.63) is 64.7 Å². The van der Waals surface area contributed by atoms with E-state index < -0.39 is 9.04 Å². The second-order valence-corrected chi connectivity index (χ2v) is 11.7. The lowest BCUT2D eigenvalue weighted by atomic mass is 9.86. The van der Waals surface area contributed by atoms with Gasteiger partial charge >= 0.3 is 0 Å². The molecule has 1 nitrogen and oxygen atoms in total. The van der Waals surface area contributed by atoms with Crippen LogP contribution in [-0.2, 0) is 10.8 Å². The molecule has 2 aromatic carbocycles. The highest BCUT2D eigenvalue weighted by Gasteiger charge is 2.16. The van der Waals surface area contributed by atoms with Gasteiger partial charge in [0.05, 0.1) is 0 Å². The number of hydrogen-bond donors (Lipinski definition) is 0. The summed E-state index contributed by atoms with van der Waals surface area (Å²) in [6.07, 6.45) is 4.35. The van der Waals surface area contributed by atoms with Crippen molar-refractivity contribution in [3.8, 4) is 5.75 Å². The van der Waals surface area contributed by atoms with Gasteiger partial charge in [-0.25, -0.2) is 0 Å². The molecular weight excluding hydrogens is 332 g/mol. The maximum absolute atomic E-state index is 6.22. The predicted octanol–water partition coefficient (Wildman–Crippen LogP) is 6.81. The highest BCUT2D eigenvalue weighted by molar-refractivity contribution is 6.49. The number of rotatable bonds is 4. The van der Waals surface area contributed by atoms with Crippen LogP contribution < -0.4 is 4.43 Å². The third-order valence-corrected chi connectivity index (χ3v) is 5.20. The van der Waals surface area contributed by atoms with Gasteiger partial charge in [-0.15, -0.1) is 0 Å². The molecule has 2 rings (SSSR count). The second-order valence-electron chi connectivity index (χ2n) is 9.37. The summed E-state index contributed by atoms with van der Waals surface area (Å²) >= 11 is 0. The molecule has 0 amide bonds. The van der Waals surface area contributed by atoms with E-state index in [1.807, 2.05) is 0 Å². The van der Waals surface area contributed by atoms with Crippen LogP contribution in [0, 0.1) is 0 Å². The minimum atomic E-state index is -1.16. The molecule has 0 heterocycles. The van der Waals surface area contributed by atoms with E-state index in [0.717, 1.165) is 11.3 Å². The Morgan fingerprint density at radius 3 is 1.77 bits per heavy atom. The van der Waals surface area contributed by atoms with Crippen LogP contribution in [0.15, 0.2) is 42.5 Å². The summed E-state index contributed by atoms with van der Waals surface area (Å²) in [6.45, 7) is 17.9. The van der Waals surface area contributed by atoms with Crippen LogP contribution in [0.2, 0.25) is 13.1 Å². The molecule has 0 aliphatic rings. The number of benzene rings is 2. The standard InChI is InChI=1S/C24H34OSi/c1-23(2,3)20-14-10-18(11-15-20)9-12-19-13-16-21(24(4,5)6)17-22(19)25-26(7)8/h9-17,26H,1-8H3. The van der Waals surface area contributed by atoms with Crippen molar-refractivity contribution in [1.29, 1.82) is 0 Å². The van der Waals surface area contributed by atoms with Gasteiger partial charge in [-0.2, -0.15) is 0 Å². The maximum Gasteiger partial charge on any atom is 0.229 e. The fourth-order valence-corrected chi connectivity index (χ4v) is 3.49. The Balaban J connectivity index is 2.31. The summed E-state index contributed by atoms with van der Waals surface area (Å²) < 4.78 is 6.22. The largest absolute Gasteiger partial charge is 0.547 e. The lowest BCUT2D eigenvalue weighted by Gasteiger charge is -2.22. The molecule has 0 unspecified atom stereocenters. The molecule has 0 spiro atoms. The monoisotopic (exact) mass is 366 g/mol. The molecule has 26 heavy (non-hydrogen) atoms. The van der Waals surface area contributed by atoms with Gasteiger partial charge in [0, 0.05) is 5.56 Å². The van der Waals surface area contributed by atoms with E-state index in [2.05, 4.69) is 109 Å². The second kappa shape index (κ2) is 7.83. The fourth-order valence-electron chi connectivity index (χ4n) is 2.77. The van der Waals surface area contributed by atoms with E-state index in [1.54, 1.807) is 0 Å². The zero-order chi connectivity index (χ0) is 19.5. The summed E-state index contributed by atoms with van der Waals surface area (Å²) in [5.41, 5.74) is 5.35. The number of hydrogen-bond acceptors (Lipinski definition) is 1. The summed E-state index contributed by atoms with van der Waals surface area (Å²) in [5.74, 6) is 1.02. The first kappa shape index (κ1) is 20.5. The van der Waals surface area contributed by atoms with Crippen molar-refractivity contribution >= 4 is 21.2 Å². The van der Waals surface area contributed by atoms with Crippen LogP contribution >= 0.6 is 0 Å². The Kier molecular flexibility index (Phi) is 6.18. The first-order valence-electron chi connectivity index (χ1n) is 9.56. The Bertz CT molecular complexity index is 756. The predicted molar refractivity (Wildman–Crippen MR) is 119 cm³/mol. The quantitative estimate of drug-likeness (QED) is 0.426. The zero-order valence-electron chi connectivity index (χ0n) is 17.7. The minimum absolute atomic E-state index is 0.127. The van der Waals surface area contributed by atoms with Gasteiger partial charge in [0.2, 0.25) is 9.04 Å². The lowest BCUT2D eigenvalue weighted by Crippen LogP contribution is -2.15. The van der Waals surface area contributed by atoms with Crippen LogP contribution in [0.5, 0.6) is 5.75 Å².